The molecule has 4 unspecified atom stereocenters. The number of aromatic hydroxyl groups is 1. The predicted octanol–water partition coefficient (Wildman–Crippen LogP) is 6.54. The van der Waals surface area contributed by atoms with E-state index in [1.165, 1.54) is 24.3 Å². The fourth-order valence-electron chi connectivity index (χ4n) is 4.88. The van der Waals surface area contributed by atoms with Crippen LogP contribution in [0.4, 0.5) is 0 Å². The number of hydrogen-bond acceptors (Lipinski definition) is 13. The van der Waals surface area contributed by atoms with Gasteiger partial charge in [0, 0.05) is 40.2 Å². The molecule has 250 valence electrons. The summed E-state index contributed by atoms with van der Waals surface area (Å²) >= 11 is 0. The third-order valence-corrected chi connectivity index (χ3v) is 13.5. The number of carbonyl (C=O) groups is 2. The van der Waals surface area contributed by atoms with Crippen molar-refractivity contribution in [3.63, 3.8) is 0 Å². The zero-order valence-electron chi connectivity index (χ0n) is 25.4. The standard InChI is InChI=1S/C32H44O9S4/c33-23(20-40-30(35)7-3-1-5-26-13-15-42-44-26)18-38-25-11-9-22-10-12-29(32(37)28(22)17-25)39-19-24(34)21-41-31(36)8-4-2-6-27-14-16-43-45-27/h9-12,17,23-24,26-27,33-34,37H,1-8,13-16,18-21H2. The number of carbonyl (C=O) groups excluding carboxylic acids is 2. The first-order valence-electron chi connectivity index (χ1n) is 15.6. The predicted molar refractivity (Wildman–Crippen MR) is 184 cm³/mol. The Labute approximate surface area is 281 Å². The topological polar surface area (TPSA) is 132 Å². The maximum Gasteiger partial charge on any atom is 0.305 e. The van der Waals surface area contributed by atoms with E-state index >= 15 is 0 Å². The Morgan fingerprint density at radius 2 is 1.31 bits per heavy atom. The van der Waals surface area contributed by atoms with Gasteiger partial charge in [0.25, 0.3) is 0 Å². The molecular formula is C32H44O9S4. The van der Waals surface area contributed by atoms with Crippen LogP contribution in [0.25, 0.3) is 10.8 Å². The van der Waals surface area contributed by atoms with E-state index in [2.05, 4.69) is 0 Å². The van der Waals surface area contributed by atoms with E-state index in [1.807, 2.05) is 43.2 Å². The van der Waals surface area contributed by atoms with Crippen LogP contribution < -0.4 is 9.47 Å². The molecule has 2 aliphatic heterocycles. The number of benzene rings is 2. The van der Waals surface area contributed by atoms with Crippen LogP contribution in [0.3, 0.4) is 0 Å². The number of aliphatic hydroxyl groups excluding tert-OH is 2. The highest BCUT2D eigenvalue weighted by Gasteiger charge is 2.18. The fraction of sp³-hybridized carbons (Fsp3) is 0.625. The average Bonchev–Trinajstić information content (AvgIpc) is 3.77. The molecule has 0 radical (unpaired) electrons. The molecular weight excluding hydrogens is 657 g/mol. The molecule has 0 spiro atoms. The van der Waals surface area contributed by atoms with Gasteiger partial charge in [-0.05, 0) is 62.1 Å². The van der Waals surface area contributed by atoms with Gasteiger partial charge < -0.3 is 34.3 Å². The Bertz CT molecular complexity index is 1200. The van der Waals surface area contributed by atoms with Crippen LogP contribution in [0.2, 0.25) is 0 Å². The summed E-state index contributed by atoms with van der Waals surface area (Å²) in [6, 6.07) is 8.47. The molecule has 0 amide bonds. The van der Waals surface area contributed by atoms with Crippen molar-refractivity contribution in [1.82, 2.24) is 0 Å². The largest absolute Gasteiger partial charge is 0.504 e. The van der Waals surface area contributed by atoms with Gasteiger partial charge in [0.15, 0.2) is 11.5 Å². The van der Waals surface area contributed by atoms with E-state index in [0.29, 0.717) is 34.5 Å². The van der Waals surface area contributed by atoms with E-state index in [9.17, 15) is 24.9 Å². The van der Waals surface area contributed by atoms with E-state index in [-0.39, 0.29) is 49.9 Å². The van der Waals surface area contributed by atoms with Crippen molar-refractivity contribution in [2.75, 3.05) is 37.9 Å². The highest BCUT2D eigenvalue weighted by molar-refractivity contribution is 8.77. The van der Waals surface area contributed by atoms with Crippen molar-refractivity contribution in [2.24, 2.45) is 0 Å². The molecule has 0 bridgehead atoms. The Hall–Kier alpha value is -1.64. The molecule has 0 saturated carbocycles. The minimum atomic E-state index is -1.04. The Kier molecular flexibility index (Phi) is 16.0. The summed E-state index contributed by atoms with van der Waals surface area (Å²) in [7, 11) is 7.71. The maximum absolute atomic E-state index is 12.0. The van der Waals surface area contributed by atoms with Crippen LogP contribution in [0, 0.1) is 0 Å². The van der Waals surface area contributed by atoms with Crippen LogP contribution in [-0.4, -0.2) is 87.9 Å². The summed E-state index contributed by atoms with van der Waals surface area (Å²) in [5.74, 6) is 2.21. The van der Waals surface area contributed by atoms with Gasteiger partial charge in [-0.15, -0.1) is 0 Å². The summed E-state index contributed by atoms with van der Waals surface area (Å²) in [5, 5.41) is 33.9. The molecule has 0 aliphatic carbocycles. The molecule has 2 saturated heterocycles. The molecule has 4 atom stereocenters. The lowest BCUT2D eigenvalue weighted by Crippen LogP contribution is -2.25. The molecule has 9 nitrogen and oxygen atoms in total. The molecule has 2 aromatic carbocycles. The van der Waals surface area contributed by atoms with E-state index in [1.54, 1.807) is 30.3 Å². The second-order valence-corrected chi connectivity index (χ2v) is 16.8. The number of unbranched alkanes of at least 4 members (excludes halogenated alkanes) is 2. The highest BCUT2D eigenvalue weighted by atomic mass is 33.1. The van der Waals surface area contributed by atoms with Crippen molar-refractivity contribution >= 4 is 65.9 Å². The van der Waals surface area contributed by atoms with Crippen molar-refractivity contribution in [3.05, 3.63) is 30.3 Å². The van der Waals surface area contributed by atoms with Crippen molar-refractivity contribution in [3.8, 4) is 17.2 Å². The summed E-state index contributed by atoms with van der Waals surface area (Å²) in [6.07, 6.45) is 6.87. The summed E-state index contributed by atoms with van der Waals surface area (Å²) in [4.78, 5) is 24.0. The van der Waals surface area contributed by atoms with Gasteiger partial charge in [-0.25, -0.2) is 0 Å². The number of esters is 2. The molecule has 2 heterocycles. The number of aliphatic hydroxyl groups is 2. The van der Waals surface area contributed by atoms with Crippen LogP contribution in [0.1, 0.15) is 64.2 Å². The van der Waals surface area contributed by atoms with Gasteiger partial charge in [0.05, 0.1) is 0 Å². The van der Waals surface area contributed by atoms with Gasteiger partial charge in [0.1, 0.15) is 44.4 Å². The number of fused-ring (bicyclic) bond motifs is 1. The summed E-state index contributed by atoms with van der Waals surface area (Å²) < 4.78 is 21.7. The van der Waals surface area contributed by atoms with Gasteiger partial charge in [-0.2, -0.15) is 0 Å². The summed E-state index contributed by atoms with van der Waals surface area (Å²) in [6.45, 7) is -0.586. The molecule has 3 N–H and O–H groups in total. The maximum atomic E-state index is 12.0. The molecule has 4 rings (SSSR count). The average molecular weight is 701 g/mol. The third kappa shape index (κ3) is 13.2. The van der Waals surface area contributed by atoms with Crippen molar-refractivity contribution < 1.29 is 43.9 Å². The van der Waals surface area contributed by atoms with Gasteiger partial charge in [0.2, 0.25) is 0 Å². The minimum absolute atomic E-state index is 0.0873. The van der Waals surface area contributed by atoms with Gasteiger partial charge in [-0.1, -0.05) is 68.1 Å². The number of ether oxygens (including phenoxy) is 4. The number of phenolic OH excluding ortho intramolecular Hbond substituents is 1. The number of hydrogen-bond donors (Lipinski definition) is 3. The quantitative estimate of drug-likeness (QED) is 0.0786. The molecule has 2 fully saturated rings. The first kappa shape index (κ1) is 36.2. The lowest BCUT2D eigenvalue weighted by atomic mass is 10.1. The zero-order valence-corrected chi connectivity index (χ0v) is 28.7. The van der Waals surface area contributed by atoms with E-state index < -0.39 is 12.2 Å². The SMILES string of the molecule is O=C(CCCCC1CCSS1)OCC(O)COc1ccc2ccc(OCC(O)COC(=O)CCCCC3CCSS3)c(O)c2c1. The van der Waals surface area contributed by atoms with Crippen molar-refractivity contribution in [2.45, 2.75) is 86.9 Å². The van der Waals surface area contributed by atoms with Crippen LogP contribution in [0.15, 0.2) is 30.3 Å². The minimum Gasteiger partial charge on any atom is -0.504 e. The summed E-state index contributed by atoms with van der Waals surface area (Å²) in [5.41, 5.74) is 0. The first-order chi connectivity index (χ1) is 21.9. The monoisotopic (exact) mass is 700 g/mol. The van der Waals surface area contributed by atoms with Crippen LogP contribution in [0.5, 0.6) is 17.2 Å². The van der Waals surface area contributed by atoms with Crippen LogP contribution >= 0.6 is 43.2 Å². The fourth-order valence-corrected chi connectivity index (χ4v) is 10.9. The van der Waals surface area contributed by atoms with Crippen molar-refractivity contribution in [1.29, 1.82) is 0 Å². The third-order valence-electron chi connectivity index (χ3n) is 7.44. The normalized spacial score (nSPS) is 19.3. The van der Waals surface area contributed by atoms with E-state index in [4.69, 9.17) is 18.9 Å². The zero-order chi connectivity index (χ0) is 31.9. The molecule has 45 heavy (non-hydrogen) atoms. The molecule has 0 aromatic heterocycles. The van der Waals surface area contributed by atoms with Crippen LogP contribution in [-0.2, 0) is 19.1 Å². The van der Waals surface area contributed by atoms with Gasteiger partial charge >= 0.3 is 11.9 Å². The molecule has 13 heteroatoms. The Morgan fingerprint density at radius 1 is 0.756 bits per heavy atom. The molecule has 2 aliphatic rings. The smallest absolute Gasteiger partial charge is 0.305 e. The Balaban J connectivity index is 1.12. The lowest BCUT2D eigenvalue weighted by molar-refractivity contribution is -0.148. The molecule has 2 aromatic rings. The second-order valence-electron chi connectivity index (χ2n) is 11.2. The second kappa shape index (κ2) is 19.9. The number of rotatable bonds is 20. The Morgan fingerprint density at radius 3 is 1.87 bits per heavy atom. The lowest BCUT2D eigenvalue weighted by Gasteiger charge is -2.16. The first-order valence-corrected chi connectivity index (χ1v) is 20.4. The van der Waals surface area contributed by atoms with Gasteiger partial charge in [-0.3, -0.25) is 9.59 Å². The number of phenols is 1. The highest BCUT2D eigenvalue weighted by Crippen LogP contribution is 2.41. The van der Waals surface area contributed by atoms with E-state index in [0.717, 1.165) is 43.9 Å².